The molecule has 8 heteroatoms. The Morgan fingerprint density at radius 2 is 1.88 bits per heavy atom. The summed E-state index contributed by atoms with van der Waals surface area (Å²) in [6.45, 7) is 0.268. The van der Waals surface area contributed by atoms with Gasteiger partial charge in [0, 0.05) is 17.5 Å². The number of pyridine rings is 1. The van der Waals surface area contributed by atoms with E-state index in [2.05, 4.69) is 25.3 Å². The maximum Gasteiger partial charge on any atom is 0.183 e. The molecule has 6 nitrogen and oxygen atoms in total. The molecule has 124 valence electrons. The molecule has 0 unspecified atom stereocenters. The number of rotatable bonds is 5. The normalized spacial score (nSPS) is 11.1. The molecule has 4 rings (SSSR count). The standard InChI is InChI=1S/C17H13FN6S/c18-14-7-2-1-5-12(14)9-24-16-15(22-23-24)17(21-11-20-16)25-10-13-6-3-4-8-19-13/h1-8,11H,9-10H2. The van der Waals surface area contributed by atoms with Crippen molar-refractivity contribution in [1.82, 2.24) is 29.9 Å². The van der Waals surface area contributed by atoms with Gasteiger partial charge in [0.1, 0.15) is 17.2 Å². The van der Waals surface area contributed by atoms with Crippen LogP contribution in [-0.2, 0) is 12.3 Å². The Balaban J connectivity index is 1.61. The first-order valence-corrected chi connectivity index (χ1v) is 8.60. The van der Waals surface area contributed by atoms with Crippen LogP contribution in [-0.4, -0.2) is 29.9 Å². The van der Waals surface area contributed by atoms with E-state index < -0.39 is 0 Å². The van der Waals surface area contributed by atoms with Gasteiger partial charge in [0.25, 0.3) is 0 Å². The predicted molar refractivity (Wildman–Crippen MR) is 92.4 cm³/mol. The number of thioether (sulfide) groups is 1. The summed E-state index contributed by atoms with van der Waals surface area (Å²) in [7, 11) is 0. The first kappa shape index (κ1) is 15.6. The van der Waals surface area contributed by atoms with Crippen molar-refractivity contribution >= 4 is 22.9 Å². The van der Waals surface area contributed by atoms with Crippen LogP contribution in [0.1, 0.15) is 11.3 Å². The molecule has 0 atom stereocenters. The number of hydrogen-bond donors (Lipinski definition) is 0. The van der Waals surface area contributed by atoms with Crippen molar-refractivity contribution in [1.29, 1.82) is 0 Å². The van der Waals surface area contributed by atoms with Crippen LogP contribution in [0.2, 0.25) is 0 Å². The number of halogens is 1. The van der Waals surface area contributed by atoms with Crippen molar-refractivity contribution in [3.8, 4) is 0 Å². The van der Waals surface area contributed by atoms with E-state index in [1.165, 1.54) is 24.2 Å². The molecule has 4 aromatic rings. The minimum atomic E-state index is -0.273. The third kappa shape index (κ3) is 3.34. The number of aromatic nitrogens is 6. The Hall–Kier alpha value is -2.87. The molecule has 0 aliphatic carbocycles. The van der Waals surface area contributed by atoms with Gasteiger partial charge in [0.2, 0.25) is 0 Å². The minimum Gasteiger partial charge on any atom is -0.260 e. The van der Waals surface area contributed by atoms with Gasteiger partial charge in [-0.25, -0.2) is 19.0 Å². The Morgan fingerprint density at radius 1 is 1.00 bits per heavy atom. The Bertz CT molecular complexity index is 1000. The lowest BCUT2D eigenvalue weighted by atomic mass is 10.2. The number of hydrogen-bond acceptors (Lipinski definition) is 6. The molecule has 0 saturated carbocycles. The maximum absolute atomic E-state index is 13.9. The molecule has 0 saturated heterocycles. The van der Waals surface area contributed by atoms with Crippen LogP contribution < -0.4 is 0 Å². The molecular weight excluding hydrogens is 339 g/mol. The molecule has 25 heavy (non-hydrogen) atoms. The quantitative estimate of drug-likeness (QED) is 0.406. The fraction of sp³-hybridized carbons (Fsp3) is 0.118. The summed E-state index contributed by atoms with van der Waals surface area (Å²) in [5, 5.41) is 9.03. The highest BCUT2D eigenvalue weighted by molar-refractivity contribution is 7.98. The summed E-state index contributed by atoms with van der Waals surface area (Å²) in [6.07, 6.45) is 3.24. The van der Waals surface area contributed by atoms with E-state index in [1.807, 2.05) is 18.2 Å². The zero-order valence-electron chi connectivity index (χ0n) is 13.1. The smallest absolute Gasteiger partial charge is 0.183 e. The van der Waals surface area contributed by atoms with E-state index in [0.717, 1.165) is 10.7 Å². The van der Waals surface area contributed by atoms with Gasteiger partial charge >= 0.3 is 0 Å². The van der Waals surface area contributed by atoms with Crippen LogP contribution in [0.4, 0.5) is 4.39 Å². The molecule has 3 aromatic heterocycles. The van der Waals surface area contributed by atoms with Gasteiger partial charge in [-0.1, -0.05) is 41.2 Å². The predicted octanol–water partition coefficient (Wildman–Crippen LogP) is 3.10. The second kappa shape index (κ2) is 6.94. The lowest BCUT2D eigenvalue weighted by Gasteiger charge is -2.04. The Kier molecular flexibility index (Phi) is 4.34. The fourth-order valence-electron chi connectivity index (χ4n) is 2.40. The molecule has 0 aliphatic heterocycles. The molecule has 0 fully saturated rings. The first-order valence-electron chi connectivity index (χ1n) is 7.61. The zero-order valence-corrected chi connectivity index (χ0v) is 13.9. The number of benzene rings is 1. The van der Waals surface area contributed by atoms with E-state index >= 15 is 0 Å². The lowest BCUT2D eigenvalue weighted by Crippen LogP contribution is -2.04. The molecule has 0 radical (unpaired) electrons. The highest BCUT2D eigenvalue weighted by Crippen LogP contribution is 2.25. The van der Waals surface area contributed by atoms with E-state index in [4.69, 9.17) is 0 Å². The summed E-state index contributed by atoms with van der Waals surface area (Å²) in [6, 6.07) is 12.4. The topological polar surface area (TPSA) is 69.4 Å². The summed E-state index contributed by atoms with van der Waals surface area (Å²) < 4.78 is 15.4. The first-order chi connectivity index (χ1) is 12.3. The summed E-state index contributed by atoms with van der Waals surface area (Å²) in [4.78, 5) is 12.8. The average molecular weight is 352 g/mol. The van der Waals surface area contributed by atoms with Gasteiger partial charge in [-0.3, -0.25) is 4.98 Å². The molecule has 0 amide bonds. The van der Waals surface area contributed by atoms with Crippen LogP contribution in [0.5, 0.6) is 0 Å². The molecule has 0 N–H and O–H groups in total. The van der Waals surface area contributed by atoms with Crippen molar-refractivity contribution in [2.45, 2.75) is 17.3 Å². The highest BCUT2D eigenvalue weighted by atomic mass is 32.2. The van der Waals surface area contributed by atoms with Gasteiger partial charge in [-0.05, 0) is 18.2 Å². The van der Waals surface area contributed by atoms with E-state index in [9.17, 15) is 4.39 Å². The van der Waals surface area contributed by atoms with Crippen LogP contribution in [0, 0.1) is 5.82 Å². The second-order valence-corrected chi connectivity index (χ2v) is 6.26. The second-order valence-electron chi connectivity index (χ2n) is 5.30. The molecule has 0 aliphatic rings. The molecule has 1 aromatic carbocycles. The number of fused-ring (bicyclic) bond motifs is 1. The Morgan fingerprint density at radius 3 is 2.72 bits per heavy atom. The Labute approximate surface area is 147 Å². The third-order valence-electron chi connectivity index (χ3n) is 3.63. The van der Waals surface area contributed by atoms with Gasteiger partial charge < -0.3 is 0 Å². The largest absolute Gasteiger partial charge is 0.260 e. The SMILES string of the molecule is Fc1ccccc1Cn1nnc2c(SCc3ccccn3)ncnc21. The van der Waals surface area contributed by atoms with E-state index in [1.54, 1.807) is 29.1 Å². The lowest BCUT2D eigenvalue weighted by molar-refractivity contribution is 0.582. The third-order valence-corrected chi connectivity index (χ3v) is 4.64. The van der Waals surface area contributed by atoms with Gasteiger partial charge in [0.15, 0.2) is 11.2 Å². The van der Waals surface area contributed by atoms with Crippen molar-refractivity contribution in [2.24, 2.45) is 0 Å². The molecule has 3 heterocycles. The van der Waals surface area contributed by atoms with Crippen molar-refractivity contribution < 1.29 is 4.39 Å². The zero-order chi connectivity index (χ0) is 17.1. The summed E-state index contributed by atoms with van der Waals surface area (Å²) >= 11 is 1.52. The van der Waals surface area contributed by atoms with Crippen LogP contribution in [0.15, 0.2) is 60.0 Å². The monoisotopic (exact) mass is 352 g/mol. The average Bonchev–Trinajstić information content (AvgIpc) is 3.06. The molecule has 0 bridgehead atoms. The fourth-order valence-corrected chi connectivity index (χ4v) is 3.24. The maximum atomic E-state index is 13.9. The molecular formula is C17H13FN6S. The van der Waals surface area contributed by atoms with Crippen molar-refractivity contribution in [2.75, 3.05) is 0 Å². The summed E-state index contributed by atoms with van der Waals surface area (Å²) in [5.41, 5.74) is 2.69. The van der Waals surface area contributed by atoms with Gasteiger partial charge in [-0.2, -0.15) is 0 Å². The van der Waals surface area contributed by atoms with Crippen LogP contribution in [0.25, 0.3) is 11.2 Å². The van der Waals surface area contributed by atoms with Gasteiger partial charge in [0.05, 0.1) is 12.2 Å². The van der Waals surface area contributed by atoms with Crippen LogP contribution in [0.3, 0.4) is 0 Å². The minimum absolute atomic E-state index is 0.268. The van der Waals surface area contributed by atoms with E-state index in [0.29, 0.717) is 22.5 Å². The molecule has 0 spiro atoms. The van der Waals surface area contributed by atoms with Gasteiger partial charge in [-0.15, -0.1) is 5.10 Å². The number of nitrogens with zero attached hydrogens (tertiary/aromatic N) is 6. The van der Waals surface area contributed by atoms with Crippen molar-refractivity contribution in [3.05, 3.63) is 72.1 Å². The van der Waals surface area contributed by atoms with Crippen LogP contribution >= 0.6 is 11.8 Å². The highest BCUT2D eigenvalue weighted by Gasteiger charge is 2.13. The summed E-state index contributed by atoms with van der Waals surface area (Å²) in [5.74, 6) is 0.401. The van der Waals surface area contributed by atoms with Crippen molar-refractivity contribution in [3.63, 3.8) is 0 Å². The van der Waals surface area contributed by atoms with E-state index in [-0.39, 0.29) is 12.4 Å².